The third kappa shape index (κ3) is 3.73. The number of rotatable bonds is 5. The predicted molar refractivity (Wildman–Crippen MR) is 101 cm³/mol. The Balaban J connectivity index is 1.39. The summed E-state index contributed by atoms with van der Waals surface area (Å²) >= 11 is 0. The van der Waals surface area contributed by atoms with Crippen molar-refractivity contribution in [2.24, 2.45) is 0 Å². The minimum absolute atomic E-state index is 0.186. The molecule has 1 N–H and O–H groups in total. The maximum atomic E-state index is 12.3. The van der Waals surface area contributed by atoms with Gasteiger partial charge in [0.25, 0.3) is 0 Å². The molecule has 0 saturated carbocycles. The summed E-state index contributed by atoms with van der Waals surface area (Å²) in [5.41, 5.74) is 3.22. The number of ketones is 1. The molecule has 0 unspecified atom stereocenters. The lowest BCUT2D eigenvalue weighted by atomic mass is 10.1. The van der Waals surface area contributed by atoms with E-state index in [0.29, 0.717) is 36.0 Å². The first-order valence-corrected chi connectivity index (χ1v) is 8.82. The van der Waals surface area contributed by atoms with Crippen LogP contribution in [0.2, 0.25) is 0 Å². The number of ether oxygens (including phenoxy) is 3. The fourth-order valence-electron chi connectivity index (χ4n) is 2.81. The van der Waals surface area contributed by atoms with Crippen molar-refractivity contribution in [3.05, 3.63) is 65.4 Å². The second kappa shape index (κ2) is 7.56. The molecule has 1 aliphatic heterocycles. The molecule has 7 nitrogen and oxygen atoms in total. The highest BCUT2D eigenvalue weighted by Crippen LogP contribution is 2.30. The van der Waals surface area contributed by atoms with Crippen molar-refractivity contribution in [2.75, 3.05) is 19.8 Å². The number of esters is 1. The molecule has 0 spiro atoms. The Hall–Kier alpha value is -3.61. The Bertz CT molecular complexity index is 1020. The van der Waals surface area contributed by atoms with Crippen LogP contribution in [0.25, 0.3) is 11.3 Å². The smallest absolute Gasteiger partial charge is 0.356 e. The van der Waals surface area contributed by atoms with Gasteiger partial charge in [-0.25, -0.2) is 4.79 Å². The van der Waals surface area contributed by atoms with Crippen molar-refractivity contribution in [3.8, 4) is 22.8 Å². The van der Waals surface area contributed by atoms with E-state index in [-0.39, 0.29) is 18.1 Å². The zero-order valence-corrected chi connectivity index (χ0v) is 15.2. The largest absolute Gasteiger partial charge is 0.486 e. The molecular weight excluding hydrogens is 360 g/mol. The molecule has 3 aromatic rings. The maximum Gasteiger partial charge on any atom is 0.356 e. The van der Waals surface area contributed by atoms with Crippen LogP contribution < -0.4 is 9.47 Å². The molecule has 2 heterocycles. The molecule has 28 heavy (non-hydrogen) atoms. The summed E-state index contributed by atoms with van der Waals surface area (Å²) in [5.74, 6) is 0.140. The quantitative estimate of drug-likeness (QED) is 0.542. The normalized spacial score (nSPS) is 12.5. The minimum Gasteiger partial charge on any atom is -0.486 e. The highest BCUT2D eigenvalue weighted by Gasteiger charge is 2.18. The fourth-order valence-corrected chi connectivity index (χ4v) is 2.81. The standard InChI is InChI=1S/C21H18N2O5/c1-13-2-4-14(5-3-13)16-11-17(23-22-16)21(25)28-12-18(24)15-6-7-19-20(10-15)27-9-8-26-19/h2-7,10-11H,8-9,12H2,1H3,(H,22,23). The molecule has 0 fully saturated rings. The summed E-state index contributed by atoms with van der Waals surface area (Å²) in [6.07, 6.45) is 0. The maximum absolute atomic E-state index is 12.3. The zero-order chi connectivity index (χ0) is 19.5. The van der Waals surface area contributed by atoms with Gasteiger partial charge >= 0.3 is 5.97 Å². The van der Waals surface area contributed by atoms with E-state index in [1.165, 1.54) is 0 Å². The van der Waals surface area contributed by atoms with Crippen LogP contribution in [0.4, 0.5) is 0 Å². The summed E-state index contributed by atoms with van der Waals surface area (Å²) in [6, 6.07) is 14.3. The Kier molecular flexibility index (Phi) is 4.80. The van der Waals surface area contributed by atoms with Crippen molar-refractivity contribution in [1.29, 1.82) is 0 Å². The molecule has 142 valence electrons. The van der Waals surface area contributed by atoms with E-state index in [1.54, 1.807) is 24.3 Å². The number of fused-ring (bicyclic) bond motifs is 1. The van der Waals surface area contributed by atoms with Crippen LogP contribution in [-0.4, -0.2) is 41.8 Å². The molecule has 1 aromatic heterocycles. The van der Waals surface area contributed by atoms with E-state index in [2.05, 4.69) is 10.2 Å². The fraction of sp³-hybridized carbons (Fsp3) is 0.190. The Morgan fingerprint density at radius 1 is 1.04 bits per heavy atom. The topological polar surface area (TPSA) is 90.5 Å². The number of benzene rings is 2. The summed E-state index contributed by atoms with van der Waals surface area (Å²) in [4.78, 5) is 24.5. The molecule has 0 aliphatic carbocycles. The lowest BCUT2D eigenvalue weighted by molar-refractivity contribution is 0.0468. The molecule has 0 saturated heterocycles. The molecule has 2 aromatic carbocycles. The summed E-state index contributed by atoms with van der Waals surface area (Å²) in [5, 5.41) is 6.78. The van der Waals surface area contributed by atoms with Gasteiger partial charge in [-0.1, -0.05) is 29.8 Å². The number of hydrogen-bond acceptors (Lipinski definition) is 6. The first-order valence-electron chi connectivity index (χ1n) is 8.82. The molecule has 0 atom stereocenters. The van der Waals surface area contributed by atoms with E-state index in [9.17, 15) is 9.59 Å². The van der Waals surface area contributed by atoms with Crippen LogP contribution in [0.5, 0.6) is 11.5 Å². The lowest BCUT2D eigenvalue weighted by Crippen LogP contribution is -2.17. The van der Waals surface area contributed by atoms with Gasteiger partial charge in [0.2, 0.25) is 0 Å². The highest BCUT2D eigenvalue weighted by atomic mass is 16.6. The van der Waals surface area contributed by atoms with Crippen molar-refractivity contribution >= 4 is 11.8 Å². The van der Waals surface area contributed by atoms with Gasteiger partial charge in [-0.05, 0) is 31.2 Å². The Morgan fingerprint density at radius 3 is 2.57 bits per heavy atom. The number of aryl methyl sites for hydroxylation is 1. The van der Waals surface area contributed by atoms with Crippen molar-refractivity contribution in [1.82, 2.24) is 10.2 Å². The third-order valence-corrected chi connectivity index (χ3v) is 4.34. The highest BCUT2D eigenvalue weighted by molar-refractivity contribution is 5.99. The second-order valence-electron chi connectivity index (χ2n) is 6.39. The van der Waals surface area contributed by atoms with Crippen molar-refractivity contribution in [3.63, 3.8) is 0 Å². The van der Waals surface area contributed by atoms with Crippen molar-refractivity contribution in [2.45, 2.75) is 6.92 Å². The molecular formula is C21H18N2O5. The van der Waals surface area contributed by atoms with Crippen molar-refractivity contribution < 1.29 is 23.8 Å². The van der Waals surface area contributed by atoms with E-state index in [4.69, 9.17) is 14.2 Å². The van der Waals surface area contributed by atoms with E-state index in [0.717, 1.165) is 11.1 Å². The van der Waals surface area contributed by atoms with Gasteiger partial charge in [-0.15, -0.1) is 0 Å². The van der Waals surface area contributed by atoms with Crippen LogP contribution in [0.15, 0.2) is 48.5 Å². The summed E-state index contributed by atoms with van der Waals surface area (Å²) in [7, 11) is 0. The monoisotopic (exact) mass is 378 g/mol. The van der Waals surface area contributed by atoms with Crippen LogP contribution >= 0.6 is 0 Å². The van der Waals surface area contributed by atoms with E-state index < -0.39 is 5.97 Å². The van der Waals surface area contributed by atoms with E-state index in [1.807, 2.05) is 31.2 Å². The molecule has 0 radical (unpaired) electrons. The molecule has 0 amide bonds. The minimum atomic E-state index is -0.642. The number of carbonyl (C=O) groups excluding carboxylic acids is 2. The number of Topliss-reactive ketones (excluding diaryl/α,β-unsaturated/α-hetero) is 1. The molecule has 7 heteroatoms. The number of H-pyrrole nitrogens is 1. The SMILES string of the molecule is Cc1ccc(-c2cc(C(=O)OCC(=O)c3ccc4c(c3)OCCO4)[nH]n2)cc1. The number of hydrogen-bond donors (Lipinski definition) is 1. The summed E-state index contributed by atoms with van der Waals surface area (Å²) in [6.45, 7) is 2.53. The van der Waals surface area contributed by atoms with E-state index >= 15 is 0 Å². The van der Waals surface area contributed by atoms with Gasteiger partial charge in [-0.2, -0.15) is 5.10 Å². The average Bonchev–Trinajstić information content (AvgIpc) is 3.22. The van der Waals surface area contributed by atoms with Crippen LogP contribution in [-0.2, 0) is 4.74 Å². The van der Waals surface area contributed by atoms with Gasteiger partial charge in [0.1, 0.15) is 18.9 Å². The number of nitrogens with zero attached hydrogens (tertiary/aromatic N) is 1. The zero-order valence-electron chi connectivity index (χ0n) is 15.2. The van der Waals surface area contributed by atoms with Gasteiger partial charge in [0.05, 0.1) is 5.69 Å². The van der Waals surface area contributed by atoms with Gasteiger partial charge in [0, 0.05) is 11.1 Å². The third-order valence-electron chi connectivity index (χ3n) is 4.34. The van der Waals surface area contributed by atoms with Crippen LogP contribution in [0.3, 0.4) is 0 Å². The Morgan fingerprint density at radius 2 is 1.79 bits per heavy atom. The second-order valence-corrected chi connectivity index (χ2v) is 6.39. The lowest BCUT2D eigenvalue weighted by Gasteiger charge is -2.18. The number of aromatic nitrogens is 2. The van der Waals surface area contributed by atoms with Gasteiger partial charge < -0.3 is 14.2 Å². The number of carbonyl (C=O) groups is 2. The van der Waals surface area contributed by atoms with Gasteiger partial charge in [-0.3, -0.25) is 9.89 Å². The average molecular weight is 378 g/mol. The summed E-state index contributed by atoms with van der Waals surface area (Å²) < 4.78 is 16.0. The molecule has 1 aliphatic rings. The van der Waals surface area contributed by atoms with Crippen LogP contribution in [0, 0.1) is 6.92 Å². The molecule has 0 bridgehead atoms. The first-order chi connectivity index (χ1) is 13.6. The first kappa shape index (κ1) is 17.8. The Labute approximate surface area is 161 Å². The molecule has 4 rings (SSSR count). The van der Waals surface area contributed by atoms with Crippen LogP contribution in [0.1, 0.15) is 26.4 Å². The predicted octanol–water partition coefficient (Wildman–Crippen LogP) is 3.20. The van der Waals surface area contributed by atoms with Gasteiger partial charge in [0.15, 0.2) is 23.9 Å². The number of nitrogens with one attached hydrogen (secondary N) is 1. The number of aromatic amines is 1.